The van der Waals surface area contributed by atoms with Crippen molar-refractivity contribution in [2.75, 3.05) is 0 Å². The number of nitriles is 1. The molecule has 2 rings (SSSR count). The molecule has 19 heavy (non-hydrogen) atoms. The van der Waals surface area contributed by atoms with Crippen molar-refractivity contribution in [3.8, 4) is 11.8 Å². The third-order valence-electron chi connectivity index (χ3n) is 2.54. The van der Waals surface area contributed by atoms with Crippen molar-refractivity contribution in [3.05, 3.63) is 65.7 Å². The average molecular weight is 253 g/mol. The molecule has 0 spiro atoms. The van der Waals surface area contributed by atoms with Crippen molar-refractivity contribution < 1.29 is 14.6 Å². The van der Waals surface area contributed by atoms with Gasteiger partial charge in [-0.2, -0.15) is 5.26 Å². The Kier molecular flexibility index (Phi) is 3.79. The number of carbonyl (C=O) groups is 1. The molecule has 0 saturated carbocycles. The van der Waals surface area contributed by atoms with Gasteiger partial charge < -0.3 is 9.84 Å². The van der Waals surface area contributed by atoms with Crippen LogP contribution < -0.4 is 4.74 Å². The summed E-state index contributed by atoms with van der Waals surface area (Å²) in [5.74, 6) is -0.719. The normalized spacial score (nSPS) is 11.3. The van der Waals surface area contributed by atoms with Gasteiger partial charge in [0.15, 0.2) is 0 Å². The fourth-order valence-corrected chi connectivity index (χ4v) is 1.66. The number of hydrogen-bond donors (Lipinski definition) is 1. The number of benzene rings is 2. The molecule has 0 heterocycles. The Bertz CT molecular complexity index is 617. The molecule has 1 N–H and O–H groups in total. The van der Waals surface area contributed by atoms with Crippen LogP contribution in [0.3, 0.4) is 0 Å². The first-order valence-electron chi connectivity index (χ1n) is 5.65. The summed E-state index contributed by atoms with van der Waals surface area (Å²) in [6.07, 6.45) is -1.09. The zero-order chi connectivity index (χ0) is 13.7. The van der Waals surface area contributed by atoms with Gasteiger partial charge in [-0.05, 0) is 18.2 Å². The molecule has 4 nitrogen and oxygen atoms in total. The fourth-order valence-electron chi connectivity index (χ4n) is 1.66. The van der Waals surface area contributed by atoms with Crippen LogP contribution in [0, 0.1) is 11.3 Å². The maximum absolute atomic E-state index is 11.3. The second-order valence-electron chi connectivity index (χ2n) is 3.89. The van der Waals surface area contributed by atoms with Crippen LogP contribution in [0.4, 0.5) is 0 Å². The van der Waals surface area contributed by atoms with E-state index in [0.717, 1.165) is 0 Å². The maximum atomic E-state index is 11.3. The monoisotopic (exact) mass is 253 g/mol. The highest BCUT2D eigenvalue weighted by molar-refractivity contribution is 5.74. The minimum atomic E-state index is -1.09. The largest absolute Gasteiger partial charge is 0.478 e. The van der Waals surface area contributed by atoms with E-state index in [0.29, 0.717) is 16.9 Å². The fraction of sp³-hybridized carbons (Fsp3) is 0.0667. The topological polar surface area (TPSA) is 70.3 Å². The molecule has 0 amide bonds. The smallest absolute Gasteiger partial charge is 0.349 e. The molecule has 0 aliphatic heterocycles. The molecule has 0 aliphatic rings. The number of hydrogen-bond acceptors (Lipinski definition) is 3. The van der Waals surface area contributed by atoms with Crippen molar-refractivity contribution in [1.82, 2.24) is 0 Å². The van der Waals surface area contributed by atoms with Gasteiger partial charge in [-0.3, -0.25) is 0 Å². The second-order valence-corrected chi connectivity index (χ2v) is 3.89. The van der Waals surface area contributed by atoms with Crippen LogP contribution in [0.25, 0.3) is 0 Å². The van der Waals surface area contributed by atoms with Crippen molar-refractivity contribution in [1.29, 1.82) is 5.26 Å². The Morgan fingerprint density at radius 2 is 1.89 bits per heavy atom. The quantitative estimate of drug-likeness (QED) is 0.909. The summed E-state index contributed by atoms with van der Waals surface area (Å²) in [4.78, 5) is 11.3. The number of rotatable bonds is 4. The molecule has 0 bridgehead atoms. The summed E-state index contributed by atoms with van der Waals surface area (Å²) in [5, 5.41) is 18.0. The van der Waals surface area contributed by atoms with E-state index >= 15 is 0 Å². The second kappa shape index (κ2) is 5.69. The molecule has 94 valence electrons. The highest BCUT2D eigenvalue weighted by Gasteiger charge is 2.21. The molecule has 0 aliphatic carbocycles. The Balaban J connectivity index is 2.27. The van der Waals surface area contributed by atoms with Gasteiger partial charge in [0.25, 0.3) is 0 Å². The molecule has 1 atom stereocenters. The summed E-state index contributed by atoms with van der Waals surface area (Å²) in [6.45, 7) is 0. The van der Waals surface area contributed by atoms with E-state index < -0.39 is 12.1 Å². The molecule has 2 aromatic carbocycles. The standard InChI is InChI=1S/C15H11NO3/c16-10-11-5-4-8-13(9-11)19-14(15(17)18)12-6-2-1-3-7-12/h1-9,14H,(H,17,18). The van der Waals surface area contributed by atoms with E-state index in [2.05, 4.69) is 0 Å². The Hall–Kier alpha value is -2.80. The van der Waals surface area contributed by atoms with Crippen LogP contribution in [-0.4, -0.2) is 11.1 Å². The predicted molar refractivity (Wildman–Crippen MR) is 68.6 cm³/mol. The molecule has 1 unspecified atom stereocenters. The van der Waals surface area contributed by atoms with Crippen LogP contribution in [0.15, 0.2) is 54.6 Å². The summed E-state index contributed by atoms with van der Waals surface area (Å²) < 4.78 is 5.45. The van der Waals surface area contributed by atoms with E-state index in [1.54, 1.807) is 48.5 Å². The van der Waals surface area contributed by atoms with Crippen molar-refractivity contribution in [3.63, 3.8) is 0 Å². The first-order valence-corrected chi connectivity index (χ1v) is 5.65. The Morgan fingerprint density at radius 3 is 2.53 bits per heavy atom. The zero-order valence-corrected chi connectivity index (χ0v) is 9.98. The molecular formula is C15H11NO3. The number of carboxylic acids is 1. The van der Waals surface area contributed by atoms with Crippen LogP contribution in [0.2, 0.25) is 0 Å². The highest BCUT2D eigenvalue weighted by Crippen LogP contribution is 2.22. The molecule has 2 aromatic rings. The van der Waals surface area contributed by atoms with E-state index in [1.807, 2.05) is 6.07 Å². The van der Waals surface area contributed by atoms with Gasteiger partial charge in [-0.15, -0.1) is 0 Å². The number of ether oxygens (including phenoxy) is 1. The van der Waals surface area contributed by atoms with Crippen LogP contribution >= 0.6 is 0 Å². The lowest BCUT2D eigenvalue weighted by molar-refractivity contribution is -0.145. The SMILES string of the molecule is N#Cc1cccc(OC(C(=O)O)c2ccccc2)c1. The molecule has 4 heteroatoms. The summed E-state index contributed by atoms with van der Waals surface area (Å²) in [5.41, 5.74) is 0.979. The number of nitrogens with zero attached hydrogens (tertiary/aromatic N) is 1. The van der Waals surface area contributed by atoms with Gasteiger partial charge in [0.2, 0.25) is 6.10 Å². The highest BCUT2D eigenvalue weighted by atomic mass is 16.5. The van der Waals surface area contributed by atoms with Gasteiger partial charge >= 0.3 is 5.97 Å². The minimum Gasteiger partial charge on any atom is -0.478 e. The first kappa shape index (κ1) is 12.7. The molecular weight excluding hydrogens is 242 g/mol. The van der Waals surface area contributed by atoms with Crippen LogP contribution in [0.5, 0.6) is 5.75 Å². The van der Waals surface area contributed by atoms with Crippen molar-refractivity contribution in [2.24, 2.45) is 0 Å². The summed E-state index contributed by atoms with van der Waals surface area (Å²) in [7, 11) is 0. The minimum absolute atomic E-state index is 0.357. The average Bonchev–Trinajstić information content (AvgIpc) is 2.45. The van der Waals surface area contributed by atoms with E-state index in [1.165, 1.54) is 6.07 Å². The summed E-state index contributed by atoms with van der Waals surface area (Å²) >= 11 is 0. The third-order valence-corrected chi connectivity index (χ3v) is 2.54. The lowest BCUT2D eigenvalue weighted by Crippen LogP contribution is -2.18. The first-order chi connectivity index (χ1) is 9.20. The lowest BCUT2D eigenvalue weighted by atomic mass is 10.1. The van der Waals surface area contributed by atoms with Crippen molar-refractivity contribution >= 4 is 5.97 Å². The molecule has 0 saturated heterocycles. The maximum Gasteiger partial charge on any atom is 0.349 e. The molecule has 0 fully saturated rings. The van der Waals surface area contributed by atoms with Gasteiger partial charge in [0, 0.05) is 5.56 Å². The van der Waals surface area contributed by atoms with Crippen LogP contribution in [-0.2, 0) is 4.79 Å². The van der Waals surface area contributed by atoms with Gasteiger partial charge in [0.1, 0.15) is 5.75 Å². The number of aliphatic carboxylic acids is 1. The lowest BCUT2D eigenvalue weighted by Gasteiger charge is -2.15. The van der Waals surface area contributed by atoms with E-state index in [4.69, 9.17) is 10.00 Å². The Labute approximate surface area is 110 Å². The summed E-state index contributed by atoms with van der Waals surface area (Å²) in [6, 6.07) is 17.1. The van der Waals surface area contributed by atoms with E-state index in [9.17, 15) is 9.90 Å². The van der Waals surface area contributed by atoms with Crippen molar-refractivity contribution in [2.45, 2.75) is 6.10 Å². The zero-order valence-electron chi connectivity index (χ0n) is 9.98. The van der Waals surface area contributed by atoms with Crippen LogP contribution in [0.1, 0.15) is 17.2 Å². The van der Waals surface area contributed by atoms with Gasteiger partial charge in [0.05, 0.1) is 11.6 Å². The Morgan fingerprint density at radius 1 is 1.16 bits per heavy atom. The third kappa shape index (κ3) is 3.11. The van der Waals surface area contributed by atoms with E-state index in [-0.39, 0.29) is 0 Å². The molecule has 0 radical (unpaired) electrons. The molecule has 0 aromatic heterocycles. The van der Waals surface area contributed by atoms with Gasteiger partial charge in [-0.1, -0.05) is 36.4 Å². The predicted octanol–water partition coefficient (Wildman–Crippen LogP) is 2.76. The number of carboxylic acid groups (broad SMARTS) is 1. The van der Waals surface area contributed by atoms with Gasteiger partial charge in [-0.25, -0.2) is 4.79 Å².